The summed E-state index contributed by atoms with van der Waals surface area (Å²) in [5.41, 5.74) is 0.804. The topological polar surface area (TPSA) is 34.1 Å². The zero-order valence-corrected chi connectivity index (χ0v) is 11.1. The first-order valence-corrected chi connectivity index (χ1v) is 5.81. The lowest BCUT2D eigenvalue weighted by atomic mass is 10.2. The Morgan fingerprint density at radius 2 is 2.47 bits per heavy atom. The van der Waals surface area contributed by atoms with Gasteiger partial charge in [-0.1, -0.05) is 24.3 Å². The first-order valence-electron chi connectivity index (χ1n) is 5.44. The maximum Gasteiger partial charge on any atom is 0.138 e. The lowest BCUT2D eigenvalue weighted by Crippen LogP contribution is -2.28. The van der Waals surface area contributed by atoms with Crippen LogP contribution in [0.15, 0.2) is 18.8 Å². The van der Waals surface area contributed by atoms with Crippen LogP contribution in [0.2, 0.25) is 5.15 Å². The van der Waals surface area contributed by atoms with Crippen LogP contribution in [-0.4, -0.2) is 24.2 Å². The van der Waals surface area contributed by atoms with Gasteiger partial charge in [0.25, 0.3) is 0 Å². The summed E-state index contributed by atoms with van der Waals surface area (Å²) in [4.78, 5) is 4.04. The molecule has 0 bridgehead atoms. The van der Waals surface area contributed by atoms with Crippen molar-refractivity contribution in [3.05, 3.63) is 29.6 Å². The summed E-state index contributed by atoms with van der Waals surface area (Å²) >= 11 is 5.87. The highest BCUT2D eigenvalue weighted by Crippen LogP contribution is 2.20. The molecule has 1 aromatic rings. The van der Waals surface area contributed by atoms with Crippen LogP contribution in [0.3, 0.4) is 0 Å². The minimum atomic E-state index is 0. The molecule has 0 unspecified atom stereocenters. The third-order valence-corrected chi connectivity index (χ3v) is 2.99. The minimum absolute atomic E-state index is 0. The fourth-order valence-corrected chi connectivity index (χ4v) is 1.94. The van der Waals surface area contributed by atoms with Crippen LogP contribution < -0.4 is 10.1 Å². The van der Waals surface area contributed by atoms with Gasteiger partial charge in [0.05, 0.1) is 6.20 Å². The summed E-state index contributed by atoms with van der Waals surface area (Å²) in [7, 11) is 0. The van der Waals surface area contributed by atoms with Gasteiger partial charge in [-0.25, -0.2) is 4.98 Å². The van der Waals surface area contributed by atoms with E-state index >= 15 is 0 Å². The molecule has 1 atom stereocenters. The number of hydrogen-bond donors (Lipinski definition) is 1. The molecular formula is C12H16Cl2N2O. The SMILES string of the molecule is C=Cc1cc(OC[C@H]2CCCN2)cnc1Cl.Cl. The Morgan fingerprint density at radius 3 is 3.12 bits per heavy atom. The second-order valence-corrected chi connectivity index (χ2v) is 4.22. The molecule has 94 valence electrons. The van der Waals surface area contributed by atoms with E-state index in [2.05, 4.69) is 16.9 Å². The molecule has 2 rings (SSSR count). The zero-order chi connectivity index (χ0) is 11.4. The number of nitrogens with zero attached hydrogens (tertiary/aromatic N) is 1. The molecule has 17 heavy (non-hydrogen) atoms. The Kier molecular flexibility index (Phi) is 5.75. The lowest BCUT2D eigenvalue weighted by molar-refractivity contribution is 0.276. The molecule has 0 aromatic carbocycles. The summed E-state index contributed by atoms with van der Waals surface area (Å²) in [5.74, 6) is 0.744. The van der Waals surface area contributed by atoms with Crippen LogP contribution in [0.5, 0.6) is 5.75 Å². The molecule has 0 spiro atoms. The summed E-state index contributed by atoms with van der Waals surface area (Å²) in [6.45, 7) is 5.45. The van der Waals surface area contributed by atoms with Crippen LogP contribution in [0.1, 0.15) is 18.4 Å². The van der Waals surface area contributed by atoms with Crippen molar-refractivity contribution >= 4 is 30.1 Å². The average Bonchev–Trinajstić information content (AvgIpc) is 2.81. The van der Waals surface area contributed by atoms with E-state index in [0.29, 0.717) is 17.8 Å². The van der Waals surface area contributed by atoms with Crippen LogP contribution in [0.4, 0.5) is 0 Å². The van der Waals surface area contributed by atoms with E-state index in [4.69, 9.17) is 16.3 Å². The predicted octanol–water partition coefficient (Wildman–Crippen LogP) is 2.93. The van der Waals surface area contributed by atoms with Gasteiger partial charge in [-0.2, -0.15) is 0 Å². The highest BCUT2D eigenvalue weighted by Gasteiger charge is 2.14. The molecule has 0 amide bonds. The zero-order valence-electron chi connectivity index (χ0n) is 9.49. The quantitative estimate of drug-likeness (QED) is 0.858. The molecular weight excluding hydrogens is 259 g/mol. The van der Waals surface area contributed by atoms with Crippen LogP contribution >= 0.6 is 24.0 Å². The van der Waals surface area contributed by atoms with Gasteiger partial charge in [-0.3, -0.25) is 0 Å². The van der Waals surface area contributed by atoms with Gasteiger partial charge in [0.1, 0.15) is 17.5 Å². The standard InChI is InChI=1S/C12H15ClN2O.ClH/c1-2-9-6-11(7-15-12(9)13)16-8-10-4-3-5-14-10;/h2,6-7,10,14H,1,3-5,8H2;1H/t10-;/m1./s1. The van der Waals surface area contributed by atoms with Crippen molar-refractivity contribution in [2.24, 2.45) is 0 Å². The van der Waals surface area contributed by atoms with Gasteiger partial charge >= 0.3 is 0 Å². The Morgan fingerprint density at radius 1 is 1.65 bits per heavy atom. The number of halogens is 2. The molecule has 1 fully saturated rings. The first-order chi connectivity index (χ1) is 7.79. The van der Waals surface area contributed by atoms with E-state index in [1.807, 2.05) is 6.07 Å². The smallest absolute Gasteiger partial charge is 0.138 e. The fraction of sp³-hybridized carbons (Fsp3) is 0.417. The fourth-order valence-electron chi connectivity index (χ4n) is 1.76. The second kappa shape index (κ2) is 6.84. The number of pyridine rings is 1. The van der Waals surface area contributed by atoms with Crippen molar-refractivity contribution in [1.29, 1.82) is 0 Å². The molecule has 1 aromatic heterocycles. The van der Waals surface area contributed by atoms with Gasteiger partial charge in [-0.05, 0) is 25.5 Å². The second-order valence-electron chi connectivity index (χ2n) is 3.86. The lowest BCUT2D eigenvalue weighted by Gasteiger charge is -2.12. The molecule has 0 aliphatic carbocycles. The van der Waals surface area contributed by atoms with Gasteiger partial charge in [0.15, 0.2) is 0 Å². The molecule has 2 heterocycles. The van der Waals surface area contributed by atoms with Crippen molar-refractivity contribution in [2.75, 3.05) is 13.2 Å². The van der Waals surface area contributed by atoms with E-state index in [1.54, 1.807) is 12.3 Å². The van der Waals surface area contributed by atoms with Gasteiger partial charge in [0, 0.05) is 11.6 Å². The third kappa shape index (κ3) is 3.87. The molecule has 1 aliphatic rings. The first kappa shape index (κ1) is 14.3. The number of nitrogens with one attached hydrogen (secondary N) is 1. The average molecular weight is 275 g/mol. The normalized spacial score (nSPS) is 18.5. The number of ether oxygens (including phenoxy) is 1. The molecule has 0 saturated carbocycles. The predicted molar refractivity (Wildman–Crippen MR) is 73.1 cm³/mol. The Labute approximate surface area is 113 Å². The summed E-state index contributed by atoms with van der Waals surface area (Å²) in [5, 5.41) is 3.83. The third-order valence-electron chi connectivity index (χ3n) is 2.67. The van der Waals surface area contributed by atoms with Crippen LogP contribution in [-0.2, 0) is 0 Å². The van der Waals surface area contributed by atoms with Gasteiger partial charge in [-0.15, -0.1) is 12.4 Å². The van der Waals surface area contributed by atoms with Crippen molar-refractivity contribution < 1.29 is 4.74 Å². The van der Waals surface area contributed by atoms with Crippen molar-refractivity contribution in [2.45, 2.75) is 18.9 Å². The monoisotopic (exact) mass is 274 g/mol. The number of aromatic nitrogens is 1. The molecule has 1 aliphatic heterocycles. The van der Waals surface area contributed by atoms with Gasteiger partial charge < -0.3 is 10.1 Å². The Balaban J connectivity index is 0.00000144. The van der Waals surface area contributed by atoms with Gasteiger partial charge in [0.2, 0.25) is 0 Å². The minimum Gasteiger partial charge on any atom is -0.490 e. The summed E-state index contributed by atoms with van der Waals surface area (Å²) < 4.78 is 5.66. The Bertz CT molecular complexity index is 379. The largest absolute Gasteiger partial charge is 0.490 e. The van der Waals surface area contributed by atoms with E-state index in [9.17, 15) is 0 Å². The van der Waals surface area contributed by atoms with E-state index in [-0.39, 0.29) is 12.4 Å². The van der Waals surface area contributed by atoms with Crippen molar-refractivity contribution in [1.82, 2.24) is 10.3 Å². The molecule has 0 radical (unpaired) electrons. The maximum absolute atomic E-state index is 5.87. The van der Waals surface area contributed by atoms with Crippen LogP contribution in [0.25, 0.3) is 6.08 Å². The van der Waals surface area contributed by atoms with Crippen molar-refractivity contribution in [3.8, 4) is 5.75 Å². The molecule has 5 heteroatoms. The van der Waals surface area contributed by atoms with Crippen LogP contribution in [0, 0.1) is 0 Å². The molecule has 1 N–H and O–H groups in total. The summed E-state index contributed by atoms with van der Waals surface area (Å²) in [6.07, 6.45) is 5.72. The van der Waals surface area contributed by atoms with E-state index < -0.39 is 0 Å². The Hall–Kier alpha value is -0.770. The summed E-state index contributed by atoms with van der Waals surface area (Å²) in [6, 6.07) is 2.32. The van der Waals surface area contributed by atoms with Crippen molar-refractivity contribution in [3.63, 3.8) is 0 Å². The van der Waals surface area contributed by atoms with E-state index in [1.165, 1.54) is 12.8 Å². The number of rotatable bonds is 4. The molecule has 3 nitrogen and oxygen atoms in total. The maximum atomic E-state index is 5.87. The highest BCUT2D eigenvalue weighted by molar-refractivity contribution is 6.30. The molecule has 1 saturated heterocycles. The number of hydrogen-bond acceptors (Lipinski definition) is 3. The highest BCUT2D eigenvalue weighted by atomic mass is 35.5. The van der Waals surface area contributed by atoms with E-state index in [0.717, 1.165) is 17.9 Å².